The number of nitrogens with one attached hydrogen (secondary N) is 1. The molecule has 1 aromatic rings. The predicted octanol–water partition coefficient (Wildman–Crippen LogP) is 0.221. The SMILES string of the molecule is CC(c1ncc(O)[nH]1)S(C)(=O)=O. The lowest BCUT2D eigenvalue weighted by molar-refractivity contribution is 0.455. The average molecular weight is 190 g/mol. The molecule has 0 saturated carbocycles. The van der Waals surface area contributed by atoms with Gasteiger partial charge < -0.3 is 10.1 Å². The number of aromatic nitrogens is 2. The maximum atomic E-state index is 11.0. The van der Waals surface area contributed by atoms with Crippen molar-refractivity contribution in [1.29, 1.82) is 0 Å². The van der Waals surface area contributed by atoms with Gasteiger partial charge in [0.15, 0.2) is 9.84 Å². The molecule has 0 amide bonds. The van der Waals surface area contributed by atoms with Crippen LogP contribution in [0.2, 0.25) is 0 Å². The molecular weight excluding hydrogens is 180 g/mol. The maximum Gasteiger partial charge on any atom is 0.208 e. The minimum Gasteiger partial charge on any atom is -0.493 e. The summed E-state index contributed by atoms with van der Waals surface area (Å²) in [4.78, 5) is 6.15. The number of H-pyrrole nitrogens is 1. The van der Waals surface area contributed by atoms with Crippen LogP contribution in [0.5, 0.6) is 5.88 Å². The minimum atomic E-state index is -3.15. The van der Waals surface area contributed by atoms with E-state index in [4.69, 9.17) is 5.11 Å². The summed E-state index contributed by atoms with van der Waals surface area (Å²) in [5, 5.41) is 8.14. The summed E-state index contributed by atoms with van der Waals surface area (Å²) in [6.45, 7) is 1.51. The van der Waals surface area contributed by atoms with E-state index in [-0.39, 0.29) is 11.7 Å². The third-order valence-electron chi connectivity index (χ3n) is 1.61. The fourth-order valence-electron chi connectivity index (χ4n) is 0.736. The Morgan fingerprint density at radius 1 is 1.67 bits per heavy atom. The van der Waals surface area contributed by atoms with Crippen molar-refractivity contribution in [3.05, 3.63) is 12.0 Å². The van der Waals surface area contributed by atoms with E-state index >= 15 is 0 Å². The Hall–Kier alpha value is -1.04. The first kappa shape index (κ1) is 9.05. The highest BCUT2D eigenvalue weighted by Crippen LogP contribution is 2.18. The molecule has 6 heteroatoms. The fourth-order valence-corrected chi connectivity index (χ4v) is 1.26. The molecule has 1 atom stereocenters. The number of aromatic amines is 1. The number of hydrogen-bond acceptors (Lipinski definition) is 4. The molecule has 0 bridgehead atoms. The summed E-state index contributed by atoms with van der Waals surface area (Å²) in [6, 6.07) is 0. The number of rotatable bonds is 2. The van der Waals surface area contributed by atoms with Crippen molar-refractivity contribution < 1.29 is 13.5 Å². The van der Waals surface area contributed by atoms with Gasteiger partial charge in [-0.2, -0.15) is 0 Å². The lowest BCUT2D eigenvalue weighted by atomic mass is 10.5. The van der Waals surface area contributed by atoms with Gasteiger partial charge in [0.1, 0.15) is 11.1 Å². The van der Waals surface area contributed by atoms with Crippen molar-refractivity contribution in [2.75, 3.05) is 6.26 Å². The molecule has 1 aromatic heterocycles. The summed E-state index contributed by atoms with van der Waals surface area (Å²) >= 11 is 0. The quantitative estimate of drug-likeness (QED) is 0.698. The minimum absolute atomic E-state index is 0.125. The van der Waals surface area contributed by atoms with E-state index < -0.39 is 15.1 Å². The zero-order valence-electron chi connectivity index (χ0n) is 6.77. The van der Waals surface area contributed by atoms with Crippen LogP contribution in [0.1, 0.15) is 18.0 Å². The topological polar surface area (TPSA) is 83.1 Å². The monoisotopic (exact) mass is 190 g/mol. The molecule has 1 rings (SSSR count). The fraction of sp³-hybridized carbons (Fsp3) is 0.500. The summed E-state index contributed by atoms with van der Waals surface area (Å²) in [5.74, 6) is 0.135. The first-order valence-corrected chi connectivity index (χ1v) is 5.29. The van der Waals surface area contributed by atoms with E-state index in [0.717, 1.165) is 6.26 Å². The number of hydrogen-bond donors (Lipinski definition) is 2. The smallest absolute Gasteiger partial charge is 0.208 e. The number of sulfone groups is 1. The third-order valence-corrected chi connectivity index (χ3v) is 3.12. The van der Waals surface area contributed by atoms with Crippen molar-refractivity contribution >= 4 is 9.84 Å². The van der Waals surface area contributed by atoms with Gasteiger partial charge in [0, 0.05) is 6.26 Å². The molecule has 0 saturated heterocycles. The van der Waals surface area contributed by atoms with Crippen LogP contribution in [0, 0.1) is 0 Å². The highest BCUT2D eigenvalue weighted by molar-refractivity contribution is 7.90. The molecule has 0 aliphatic heterocycles. The summed E-state index contributed by atoms with van der Waals surface area (Å²) in [6.07, 6.45) is 2.30. The number of nitrogens with zero attached hydrogens (tertiary/aromatic N) is 1. The zero-order valence-corrected chi connectivity index (χ0v) is 7.59. The number of aromatic hydroxyl groups is 1. The molecule has 0 aliphatic rings. The second-order valence-corrected chi connectivity index (χ2v) is 4.99. The Balaban J connectivity index is 3.01. The first-order valence-electron chi connectivity index (χ1n) is 3.34. The van der Waals surface area contributed by atoms with Crippen molar-refractivity contribution in [3.63, 3.8) is 0 Å². The van der Waals surface area contributed by atoms with Crippen molar-refractivity contribution in [3.8, 4) is 5.88 Å². The van der Waals surface area contributed by atoms with Gasteiger partial charge in [-0.3, -0.25) is 0 Å². The Morgan fingerprint density at radius 3 is 2.58 bits per heavy atom. The van der Waals surface area contributed by atoms with Gasteiger partial charge in [-0.15, -0.1) is 0 Å². The van der Waals surface area contributed by atoms with Gasteiger partial charge in [-0.05, 0) is 6.92 Å². The molecule has 5 nitrogen and oxygen atoms in total. The lowest BCUT2D eigenvalue weighted by Gasteiger charge is -2.03. The van der Waals surface area contributed by atoms with Crippen LogP contribution in [0.4, 0.5) is 0 Å². The maximum absolute atomic E-state index is 11.0. The molecule has 1 unspecified atom stereocenters. The molecule has 0 fully saturated rings. The van der Waals surface area contributed by atoms with Crippen molar-refractivity contribution in [2.24, 2.45) is 0 Å². The van der Waals surface area contributed by atoms with Gasteiger partial charge in [-0.25, -0.2) is 13.4 Å². The lowest BCUT2D eigenvalue weighted by Crippen LogP contribution is -2.08. The standard InChI is InChI=1S/C6H10N2O3S/c1-4(12(2,10)11)6-7-3-5(9)8-6/h3-4,9H,1-2H3,(H,7,8). The van der Waals surface area contributed by atoms with Crippen LogP contribution in [0.15, 0.2) is 6.20 Å². The summed E-state index contributed by atoms with van der Waals surface area (Å²) in [7, 11) is -3.15. The Kier molecular flexibility index (Phi) is 2.10. The second kappa shape index (κ2) is 2.78. The van der Waals surface area contributed by atoms with E-state index in [1.807, 2.05) is 0 Å². The van der Waals surface area contributed by atoms with Crippen LogP contribution in [0.25, 0.3) is 0 Å². The van der Waals surface area contributed by atoms with Gasteiger partial charge in [0.25, 0.3) is 0 Å². The zero-order chi connectivity index (χ0) is 9.35. The van der Waals surface area contributed by atoms with E-state index in [1.165, 1.54) is 13.1 Å². The van der Waals surface area contributed by atoms with Crippen LogP contribution >= 0.6 is 0 Å². The Morgan fingerprint density at radius 2 is 2.25 bits per heavy atom. The Bertz CT molecular complexity index is 368. The van der Waals surface area contributed by atoms with Gasteiger partial charge in [-0.1, -0.05) is 0 Å². The van der Waals surface area contributed by atoms with E-state index in [9.17, 15) is 8.42 Å². The van der Waals surface area contributed by atoms with E-state index in [0.29, 0.717) is 0 Å². The van der Waals surface area contributed by atoms with E-state index in [2.05, 4.69) is 9.97 Å². The van der Waals surface area contributed by atoms with Gasteiger partial charge in [0.05, 0.1) is 6.20 Å². The molecule has 12 heavy (non-hydrogen) atoms. The Labute approximate surface area is 70.4 Å². The first-order chi connectivity index (χ1) is 5.41. The molecule has 0 spiro atoms. The van der Waals surface area contributed by atoms with Crippen LogP contribution in [0.3, 0.4) is 0 Å². The van der Waals surface area contributed by atoms with Crippen LogP contribution in [-0.4, -0.2) is 29.7 Å². The van der Waals surface area contributed by atoms with Crippen molar-refractivity contribution in [1.82, 2.24) is 9.97 Å². The van der Waals surface area contributed by atoms with Crippen molar-refractivity contribution in [2.45, 2.75) is 12.2 Å². The van der Waals surface area contributed by atoms with Gasteiger partial charge >= 0.3 is 0 Å². The predicted molar refractivity (Wildman–Crippen MR) is 43.5 cm³/mol. The largest absolute Gasteiger partial charge is 0.493 e. The van der Waals surface area contributed by atoms with Crippen LogP contribution < -0.4 is 0 Å². The highest BCUT2D eigenvalue weighted by Gasteiger charge is 2.19. The third kappa shape index (κ3) is 1.76. The normalized spacial score (nSPS) is 14.5. The van der Waals surface area contributed by atoms with E-state index in [1.54, 1.807) is 0 Å². The molecule has 0 radical (unpaired) electrons. The highest BCUT2D eigenvalue weighted by atomic mass is 32.2. The summed E-state index contributed by atoms with van der Waals surface area (Å²) in [5.41, 5.74) is 0. The number of imidazole rings is 1. The molecular formula is C6H10N2O3S. The molecule has 2 N–H and O–H groups in total. The average Bonchev–Trinajstić information content (AvgIpc) is 2.32. The molecule has 68 valence electrons. The van der Waals surface area contributed by atoms with Crippen LogP contribution in [-0.2, 0) is 9.84 Å². The molecule has 1 heterocycles. The molecule has 0 aliphatic carbocycles. The molecule has 0 aromatic carbocycles. The van der Waals surface area contributed by atoms with Gasteiger partial charge in [0.2, 0.25) is 5.88 Å². The summed E-state index contributed by atoms with van der Waals surface area (Å²) < 4.78 is 22.0. The second-order valence-electron chi connectivity index (χ2n) is 2.63.